The molecule has 6 nitrogen and oxygen atoms in total. The fourth-order valence-corrected chi connectivity index (χ4v) is 3.12. The van der Waals surface area contributed by atoms with Crippen LogP contribution in [0.3, 0.4) is 0 Å². The molecule has 0 spiro atoms. The van der Waals surface area contributed by atoms with Crippen molar-refractivity contribution in [3.8, 4) is 5.75 Å². The molecule has 27 heavy (non-hydrogen) atoms. The smallest absolute Gasteiger partial charge is 0.358 e. The first-order valence-corrected chi connectivity index (χ1v) is 8.50. The third-order valence-corrected chi connectivity index (χ3v) is 4.54. The molecule has 1 heterocycles. The van der Waals surface area contributed by atoms with Crippen molar-refractivity contribution in [3.05, 3.63) is 93.7 Å². The van der Waals surface area contributed by atoms with Gasteiger partial charge in [0.25, 0.3) is 5.56 Å². The lowest BCUT2D eigenvalue weighted by Crippen LogP contribution is -2.28. The van der Waals surface area contributed by atoms with Crippen LogP contribution >= 0.6 is 0 Å². The Morgan fingerprint density at radius 2 is 1.59 bits per heavy atom. The minimum absolute atomic E-state index is 0.0689. The minimum Gasteiger partial charge on any atom is -0.489 e. The highest BCUT2D eigenvalue weighted by atomic mass is 16.5. The van der Waals surface area contributed by atoms with Crippen molar-refractivity contribution in [2.45, 2.75) is 12.3 Å². The zero-order valence-electron chi connectivity index (χ0n) is 15.1. The van der Waals surface area contributed by atoms with E-state index in [1.54, 1.807) is 7.05 Å². The van der Waals surface area contributed by atoms with Crippen molar-refractivity contribution in [2.75, 3.05) is 7.11 Å². The summed E-state index contributed by atoms with van der Waals surface area (Å²) in [6.07, 6.45) is 0.379. The maximum Gasteiger partial charge on any atom is 0.358 e. The number of methoxy groups -OCH3 is 1. The monoisotopic (exact) mass is 364 g/mol. The van der Waals surface area contributed by atoms with E-state index in [9.17, 15) is 14.7 Å². The number of aromatic nitrogens is 2. The summed E-state index contributed by atoms with van der Waals surface area (Å²) in [4.78, 5) is 28.3. The van der Waals surface area contributed by atoms with Crippen molar-refractivity contribution < 1.29 is 14.6 Å². The molecular weight excluding hydrogens is 344 g/mol. The van der Waals surface area contributed by atoms with Crippen LogP contribution in [0.25, 0.3) is 0 Å². The van der Waals surface area contributed by atoms with Gasteiger partial charge in [0.05, 0.1) is 7.11 Å². The molecule has 3 aromatic rings. The third-order valence-electron chi connectivity index (χ3n) is 4.54. The Kier molecular flexibility index (Phi) is 5.35. The molecule has 0 aliphatic rings. The first kappa shape index (κ1) is 18.4. The molecule has 0 atom stereocenters. The highest BCUT2D eigenvalue weighted by Gasteiger charge is 2.23. The maximum atomic E-state index is 12.5. The summed E-state index contributed by atoms with van der Waals surface area (Å²) in [6.45, 7) is 0. The summed E-state index contributed by atoms with van der Waals surface area (Å²) in [7, 11) is 2.84. The quantitative estimate of drug-likeness (QED) is 0.727. The van der Waals surface area contributed by atoms with E-state index in [1.165, 1.54) is 11.7 Å². The van der Waals surface area contributed by atoms with Crippen LogP contribution in [0, 0.1) is 0 Å². The van der Waals surface area contributed by atoms with Crippen LogP contribution in [0.15, 0.2) is 65.5 Å². The molecule has 0 saturated heterocycles. The summed E-state index contributed by atoms with van der Waals surface area (Å²) in [5.74, 6) is -1.23. The Morgan fingerprint density at radius 1 is 1.07 bits per heavy atom. The number of nitrogens with zero attached hydrogens (tertiary/aromatic N) is 2. The standard InChI is InChI=1S/C21H20N2O4/c1-23-17(22-18(21(25)26)19(27-2)20(23)24)13-16(14-9-5-3-6-10-14)15-11-7-4-8-12-15/h3-12,16H,13H2,1-2H3,(H,25,26). The number of carboxylic acids is 1. The molecule has 0 saturated carbocycles. The van der Waals surface area contributed by atoms with Gasteiger partial charge in [-0.05, 0) is 11.1 Å². The Morgan fingerprint density at radius 3 is 2.04 bits per heavy atom. The van der Waals surface area contributed by atoms with Gasteiger partial charge in [0.1, 0.15) is 5.82 Å². The molecule has 2 aromatic carbocycles. The zero-order chi connectivity index (χ0) is 19.4. The molecule has 1 aromatic heterocycles. The van der Waals surface area contributed by atoms with Crippen molar-refractivity contribution in [3.63, 3.8) is 0 Å². The van der Waals surface area contributed by atoms with Crippen LogP contribution in [-0.2, 0) is 13.5 Å². The summed E-state index contributed by atoms with van der Waals surface area (Å²) in [6, 6.07) is 19.7. The lowest BCUT2D eigenvalue weighted by atomic mass is 9.88. The molecule has 0 fully saturated rings. The molecule has 0 unspecified atom stereocenters. The predicted molar refractivity (Wildman–Crippen MR) is 101 cm³/mol. The molecular formula is C21H20N2O4. The van der Waals surface area contributed by atoms with E-state index >= 15 is 0 Å². The molecule has 1 N–H and O–H groups in total. The highest BCUT2D eigenvalue weighted by molar-refractivity contribution is 5.88. The van der Waals surface area contributed by atoms with Crippen LogP contribution in [0.5, 0.6) is 5.75 Å². The molecule has 0 bridgehead atoms. The van der Waals surface area contributed by atoms with Crippen LogP contribution in [-0.4, -0.2) is 27.7 Å². The van der Waals surface area contributed by atoms with Crippen molar-refractivity contribution >= 4 is 5.97 Å². The van der Waals surface area contributed by atoms with E-state index < -0.39 is 11.5 Å². The van der Waals surface area contributed by atoms with Gasteiger partial charge in [0, 0.05) is 19.4 Å². The Hall–Kier alpha value is -3.41. The second-order valence-electron chi connectivity index (χ2n) is 6.16. The van der Waals surface area contributed by atoms with Crippen LogP contribution < -0.4 is 10.3 Å². The van der Waals surface area contributed by atoms with E-state index in [4.69, 9.17) is 4.74 Å². The Bertz CT molecular complexity index is 958. The lowest BCUT2D eigenvalue weighted by molar-refractivity contribution is 0.0685. The van der Waals surface area contributed by atoms with E-state index in [2.05, 4.69) is 4.98 Å². The third kappa shape index (κ3) is 3.74. The molecule has 3 rings (SSSR count). The second-order valence-corrected chi connectivity index (χ2v) is 6.16. The second kappa shape index (κ2) is 7.86. The van der Waals surface area contributed by atoms with Gasteiger partial charge in [0.2, 0.25) is 5.75 Å². The van der Waals surface area contributed by atoms with Crippen LogP contribution in [0.2, 0.25) is 0 Å². The summed E-state index contributed by atoms with van der Waals surface area (Å²) < 4.78 is 6.32. The molecule has 138 valence electrons. The fraction of sp³-hybridized carbons (Fsp3) is 0.190. The number of carbonyl (C=O) groups is 1. The van der Waals surface area contributed by atoms with Crippen LogP contribution in [0.1, 0.15) is 33.4 Å². The lowest BCUT2D eigenvalue weighted by Gasteiger charge is -2.20. The molecule has 0 aliphatic heterocycles. The van der Waals surface area contributed by atoms with E-state index in [0.29, 0.717) is 12.2 Å². The average molecular weight is 364 g/mol. The van der Waals surface area contributed by atoms with Gasteiger partial charge in [-0.15, -0.1) is 0 Å². The van der Waals surface area contributed by atoms with Gasteiger partial charge >= 0.3 is 5.97 Å². The first-order valence-electron chi connectivity index (χ1n) is 8.50. The molecule has 0 aliphatic carbocycles. The van der Waals surface area contributed by atoms with Gasteiger partial charge in [-0.1, -0.05) is 60.7 Å². The number of aromatic carboxylic acids is 1. The Labute approximate surface area is 156 Å². The van der Waals surface area contributed by atoms with E-state index in [0.717, 1.165) is 11.1 Å². The number of carboxylic acid groups (broad SMARTS) is 1. The maximum absolute atomic E-state index is 12.5. The highest BCUT2D eigenvalue weighted by Crippen LogP contribution is 2.28. The number of hydrogen-bond acceptors (Lipinski definition) is 4. The van der Waals surface area contributed by atoms with Crippen molar-refractivity contribution in [2.24, 2.45) is 7.05 Å². The SMILES string of the molecule is COc1c(C(=O)O)nc(CC(c2ccccc2)c2ccccc2)n(C)c1=O. The molecule has 6 heteroatoms. The van der Waals surface area contributed by atoms with Crippen LogP contribution in [0.4, 0.5) is 0 Å². The van der Waals surface area contributed by atoms with E-state index in [1.807, 2.05) is 60.7 Å². The van der Waals surface area contributed by atoms with E-state index in [-0.39, 0.29) is 17.4 Å². The normalized spacial score (nSPS) is 10.8. The summed E-state index contributed by atoms with van der Waals surface area (Å²) in [5.41, 5.74) is 1.24. The largest absolute Gasteiger partial charge is 0.489 e. The summed E-state index contributed by atoms with van der Waals surface area (Å²) in [5, 5.41) is 9.41. The number of hydrogen-bond donors (Lipinski definition) is 1. The average Bonchev–Trinajstić information content (AvgIpc) is 2.70. The van der Waals surface area contributed by atoms with Gasteiger partial charge in [0.15, 0.2) is 5.69 Å². The van der Waals surface area contributed by atoms with Gasteiger partial charge in [-0.3, -0.25) is 9.36 Å². The predicted octanol–water partition coefficient (Wildman–Crippen LogP) is 2.86. The first-order chi connectivity index (χ1) is 13.0. The minimum atomic E-state index is -1.29. The van der Waals surface area contributed by atoms with Crippen molar-refractivity contribution in [1.82, 2.24) is 9.55 Å². The van der Waals surface area contributed by atoms with Gasteiger partial charge in [-0.25, -0.2) is 9.78 Å². The molecule has 0 amide bonds. The Balaban J connectivity index is 2.12. The van der Waals surface area contributed by atoms with Gasteiger partial charge in [-0.2, -0.15) is 0 Å². The number of benzene rings is 2. The molecule has 0 radical (unpaired) electrons. The van der Waals surface area contributed by atoms with Gasteiger partial charge < -0.3 is 9.84 Å². The number of rotatable bonds is 6. The summed E-state index contributed by atoms with van der Waals surface area (Å²) >= 11 is 0. The topological polar surface area (TPSA) is 81.4 Å². The van der Waals surface area contributed by atoms with Crippen molar-refractivity contribution in [1.29, 1.82) is 0 Å². The number of ether oxygens (including phenoxy) is 1. The fourth-order valence-electron chi connectivity index (χ4n) is 3.12. The zero-order valence-corrected chi connectivity index (χ0v) is 15.1.